The molecule has 0 spiro atoms. The molecule has 0 saturated carbocycles. The van der Waals surface area contributed by atoms with Crippen LogP contribution in [0.15, 0.2) is 54.6 Å². The van der Waals surface area contributed by atoms with Gasteiger partial charge in [-0.15, -0.1) is 0 Å². The molecular formula is C22H19ClFNO3. The highest BCUT2D eigenvalue weighted by atomic mass is 35.5. The third-order valence-corrected chi connectivity index (χ3v) is 4.71. The standard InChI is InChI=1S/C22H19ClFNO3/c1-13-9-15(11-20(27)28)21(25-22-18(23)7-4-8-19(22)24)17(10-13)16-6-3-2-5-14(16)12-26/h2-10,25-26H,11-12H2,1H3,(H,27,28). The van der Waals surface area contributed by atoms with E-state index in [1.54, 1.807) is 18.2 Å². The van der Waals surface area contributed by atoms with Gasteiger partial charge in [-0.05, 0) is 41.8 Å². The molecule has 0 unspecified atom stereocenters. The first-order valence-corrected chi connectivity index (χ1v) is 9.04. The van der Waals surface area contributed by atoms with Gasteiger partial charge in [-0.25, -0.2) is 4.39 Å². The summed E-state index contributed by atoms with van der Waals surface area (Å²) in [6, 6.07) is 15.2. The number of anilines is 2. The molecule has 3 rings (SSSR count). The van der Waals surface area contributed by atoms with E-state index in [0.29, 0.717) is 22.4 Å². The number of nitrogens with one attached hydrogen (secondary N) is 1. The third-order valence-electron chi connectivity index (χ3n) is 4.40. The van der Waals surface area contributed by atoms with Gasteiger partial charge in [0.2, 0.25) is 0 Å². The summed E-state index contributed by atoms with van der Waals surface area (Å²) < 4.78 is 14.4. The van der Waals surface area contributed by atoms with Crippen molar-refractivity contribution in [2.75, 3.05) is 5.32 Å². The number of hydrogen-bond acceptors (Lipinski definition) is 3. The van der Waals surface area contributed by atoms with E-state index in [9.17, 15) is 19.4 Å². The predicted octanol–water partition coefficient (Wildman–Crippen LogP) is 5.32. The molecule has 0 aromatic heterocycles. The third kappa shape index (κ3) is 4.16. The Morgan fingerprint density at radius 2 is 1.79 bits per heavy atom. The van der Waals surface area contributed by atoms with Crippen LogP contribution in [0.2, 0.25) is 5.02 Å². The van der Waals surface area contributed by atoms with E-state index in [4.69, 9.17) is 11.6 Å². The van der Waals surface area contributed by atoms with Crippen molar-refractivity contribution in [2.45, 2.75) is 20.0 Å². The van der Waals surface area contributed by atoms with Gasteiger partial charge in [-0.2, -0.15) is 0 Å². The Kier molecular flexibility index (Phi) is 5.97. The molecule has 0 heterocycles. The molecule has 3 aromatic carbocycles. The lowest BCUT2D eigenvalue weighted by atomic mass is 9.93. The molecule has 3 aromatic rings. The second-order valence-corrected chi connectivity index (χ2v) is 6.86. The lowest BCUT2D eigenvalue weighted by Crippen LogP contribution is -2.07. The minimum Gasteiger partial charge on any atom is -0.481 e. The molecular weight excluding hydrogens is 381 g/mol. The van der Waals surface area contributed by atoms with Crippen molar-refractivity contribution < 1.29 is 19.4 Å². The van der Waals surface area contributed by atoms with Gasteiger partial charge in [0.15, 0.2) is 0 Å². The zero-order valence-corrected chi connectivity index (χ0v) is 15.9. The molecule has 0 radical (unpaired) electrons. The first kappa shape index (κ1) is 19.9. The Bertz CT molecular complexity index is 1020. The number of aryl methyl sites for hydroxylation is 1. The van der Waals surface area contributed by atoms with E-state index in [-0.39, 0.29) is 23.7 Å². The molecule has 0 fully saturated rings. The van der Waals surface area contributed by atoms with Crippen LogP contribution in [-0.2, 0) is 17.8 Å². The summed E-state index contributed by atoms with van der Waals surface area (Å²) in [5.41, 5.74) is 3.94. The highest BCUT2D eigenvalue weighted by molar-refractivity contribution is 6.33. The van der Waals surface area contributed by atoms with Gasteiger partial charge in [0, 0.05) is 5.56 Å². The Labute approximate surface area is 167 Å². The van der Waals surface area contributed by atoms with E-state index in [0.717, 1.165) is 11.1 Å². The zero-order valence-electron chi connectivity index (χ0n) is 15.2. The number of aliphatic hydroxyl groups excluding tert-OH is 1. The summed E-state index contributed by atoms with van der Waals surface area (Å²) in [7, 11) is 0. The van der Waals surface area contributed by atoms with Crippen molar-refractivity contribution in [3.05, 3.63) is 82.1 Å². The van der Waals surface area contributed by atoms with Crippen LogP contribution in [0, 0.1) is 12.7 Å². The van der Waals surface area contributed by atoms with Crippen LogP contribution in [0.5, 0.6) is 0 Å². The van der Waals surface area contributed by atoms with Gasteiger partial charge >= 0.3 is 5.97 Å². The quantitative estimate of drug-likeness (QED) is 0.524. The predicted molar refractivity (Wildman–Crippen MR) is 109 cm³/mol. The number of aliphatic carboxylic acids is 1. The fourth-order valence-corrected chi connectivity index (χ4v) is 3.40. The Balaban J connectivity index is 2.27. The Hall–Kier alpha value is -2.89. The minimum atomic E-state index is -1.00. The Morgan fingerprint density at radius 1 is 1.04 bits per heavy atom. The van der Waals surface area contributed by atoms with Crippen molar-refractivity contribution in [3.8, 4) is 11.1 Å². The molecule has 3 N–H and O–H groups in total. The monoisotopic (exact) mass is 399 g/mol. The fourth-order valence-electron chi connectivity index (χ4n) is 3.19. The van der Waals surface area contributed by atoms with Crippen LogP contribution < -0.4 is 5.32 Å². The number of rotatable bonds is 6. The zero-order chi connectivity index (χ0) is 20.3. The van der Waals surface area contributed by atoms with Crippen molar-refractivity contribution in [1.82, 2.24) is 0 Å². The van der Waals surface area contributed by atoms with Crippen LogP contribution in [0.25, 0.3) is 11.1 Å². The highest BCUT2D eigenvalue weighted by Gasteiger charge is 2.18. The molecule has 0 aliphatic heterocycles. The first-order valence-electron chi connectivity index (χ1n) is 8.66. The fraction of sp³-hybridized carbons (Fsp3) is 0.136. The number of hydrogen-bond donors (Lipinski definition) is 3. The van der Waals surface area contributed by atoms with Gasteiger partial charge in [0.1, 0.15) is 5.82 Å². The number of halogens is 2. The maximum absolute atomic E-state index is 14.4. The van der Waals surface area contributed by atoms with Gasteiger partial charge in [0.05, 0.1) is 29.4 Å². The molecule has 28 heavy (non-hydrogen) atoms. The summed E-state index contributed by atoms with van der Waals surface area (Å²) in [6.07, 6.45) is -0.246. The highest BCUT2D eigenvalue weighted by Crippen LogP contribution is 2.39. The van der Waals surface area contributed by atoms with E-state index in [2.05, 4.69) is 5.32 Å². The molecule has 0 aliphatic rings. The summed E-state index contributed by atoms with van der Waals surface area (Å²) in [4.78, 5) is 11.4. The maximum Gasteiger partial charge on any atom is 0.307 e. The van der Waals surface area contributed by atoms with Crippen LogP contribution in [-0.4, -0.2) is 16.2 Å². The van der Waals surface area contributed by atoms with Crippen LogP contribution >= 0.6 is 11.6 Å². The lowest BCUT2D eigenvalue weighted by molar-refractivity contribution is -0.136. The van der Waals surface area contributed by atoms with E-state index < -0.39 is 11.8 Å². The summed E-state index contributed by atoms with van der Waals surface area (Å²) in [5, 5.41) is 22.3. The van der Waals surface area contributed by atoms with Crippen molar-refractivity contribution in [1.29, 1.82) is 0 Å². The number of carboxylic acids is 1. The van der Waals surface area contributed by atoms with Gasteiger partial charge in [0.25, 0.3) is 0 Å². The van der Waals surface area contributed by atoms with Crippen LogP contribution in [0.3, 0.4) is 0 Å². The molecule has 0 aliphatic carbocycles. The van der Waals surface area contributed by atoms with Gasteiger partial charge < -0.3 is 15.5 Å². The van der Waals surface area contributed by atoms with E-state index in [1.165, 1.54) is 12.1 Å². The number of para-hydroxylation sites is 1. The molecule has 4 nitrogen and oxygen atoms in total. The molecule has 0 bridgehead atoms. The van der Waals surface area contributed by atoms with Crippen LogP contribution in [0.1, 0.15) is 16.7 Å². The van der Waals surface area contributed by atoms with Gasteiger partial charge in [-0.3, -0.25) is 4.79 Å². The molecule has 0 atom stereocenters. The normalized spacial score (nSPS) is 10.7. The molecule has 0 amide bonds. The summed E-state index contributed by atoms with van der Waals surface area (Å²) in [5.74, 6) is -1.55. The van der Waals surface area contributed by atoms with Crippen LogP contribution in [0.4, 0.5) is 15.8 Å². The molecule has 6 heteroatoms. The summed E-state index contributed by atoms with van der Waals surface area (Å²) in [6.45, 7) is 1.68. The van der Waals surface area contributed by atoms with Crippen molar-refractivity contribution in [2.24, 2.45) is 0 Å². The molecule has 144 valence electrons. The number of aliphatic hydroxyl groups is 1. The first-order chi connectivity index (χ1) is 13.4. The second-order valence-electron chi connectivity index (χ2n) is 6.45. The largest absolute Gasteiger partial charge is 0.481 e. The average molecular weight is 400 g/mol. The summed E-state index contributed by atoms with van der Waals surface area (Å²) >= 11 is 6.17. The maximum atomic E-state index is 14.4. The topological polar surface area (TPSA) is 69.6 Å². The molecule has 0 saturated heterocycles. The van der Waals surface area contributed by atoms with E-state index >= 15 is 0 Å². The number of carboxylic acid groups (broad SMARTS) is 1. The van der Waals surface area contributed by atoms with Crippen molar-refractivity contribution in [3.63, 3.8) is 0 Å². The minimum absolute atomic E-state index is 0.0717. The Morgan fingerprint density at radius 3 is 2.46 bits per heavy atom. The van der Waals surface area contributed by atoms with Crippen molar-refractivity contribution >= 4 is 28.9 Å². The number of benzene rings is 3. The van der Waals surface area contributed by atoms with Gasteiger partial charge in [-0.1, -0.05) is 53.6 Å². The number of carbonyl (C=O) groups is 1. The smallest absolute Gasteiger partial charge is 0.307 e. The second kappa shape index (κ2) is 8.42. The van der Waals surface area contributed by atoms with E-state index in [1.807, 2.05) is 31.2 Å². The average Bonchev–Trinajstić information content (AvgIpc) is 2.65. The lowest BCUT2D eigenvalue weighted by Gasteiger charge is -2.20. The SMILES string of the molecule is Cc1cc(CC(=O)O)c(Nc2c(F)cccc2Cl)c(-c2ccccc2CO)c1.